The van der Waals surface area contributed by atoms with Crippen molar-refractivity contribution in [3.63, 3.8) is 0 Å². The first kappa shape index (κ1) is 37.0. The maximum Gasteiger partial charge on any atom is 0.249 e. The average Bonchev–Trinajstić information content (AvgIpc) is 3.46. The summed E-state index contributed by atoms with van der Waals surface area (Å²) < 4.78 is 0. The van der Waals surface area contributed by atoms with Crippen LogP contribution in [0.15, 0.2) is 11.6 Å². The molecule has 0 spiro atoms. The second-order valence-corrected chi connectivity index (χ2v) is 15.4. The highest BCUT2D eigenvalue weighted by molar-refractivity contribution is 5.97. The van der Waals surface area contributed by atoms with Crippen LogP contribution in [0.4, 0.5) is 0 Å². The largest absolute Gasteiger partial charge is 0.342 e. The van der Waals surface area contributed by atoms with E-state index in [1.807, 2.05) is 45.6 Å². The Morgan fingerprint density at radius 1 is 0.800 bits per heavy atom. The van der Waals surface area contributed by atoms with E-state index in [2.05, 4.69) is 24.1 Å². The van der Waals surface area contributed by atoms with E-state index in [1.165, 1.54) is 6.42 Å². The molecule has 0 radical (unpaired) electrons. The Morgan fingerprint density at radius 3 is 1.96 bits per heavy atom. The number of likely N-dealkylation sites (N-methyl/N-ethyl adjacent to an activating group) is 1. The lowest BCUT2D eigenvalue weighted by Gasteiger charge is -2.41. The van der Waals surface area contributed by atoms with Crippen molar-refractivity contribution in [2.45, 2.75) is 150 Å². The molecule has 45 heavy (non-hydrogen) atoms. The fourth-order valence-electron chi connectivity index (χ4n) is 7.34. The fraction of sp³-hybridized carbons (Fsp3) is 0.833. The molecule has 3 fully saturated rings. The number of likely N-dealkylation sites (tertiary alicyclic amines) is 3. The Morgan fingerprint density at radius 2 is 1.38 bits per heavy atom. The molecule has 3 heterocycles. The van der Waals surface area contributed by atoms with E-state index < -0.39 is 17.5 Å². The standard InChI is InChI=1S/C36H63N5O4/c1-25(2)30(24-27(5)33(43)41-23-17-19-29(41)34(44)39-20-14-11-10-12-15-21-39)38(9)35(45)31(36(6,7)8)37-32(42)28-18-13-16-22-40(28)26(3)4/h24-26,28-31H,10-23H2,1-9H3,(H,37,42)/t28?,29-,30+,31+/m0/s1. The normalized spacial score (nSPS) is 23.8. The number of amides is 4. The van der Waals surface area contributed by atoms with E-state index in [4.69, 9.17) is 0 Å². The van der Waals surface area contributed by atoms with Gasteiger partial charge in [-0.15, -0.1) is 0 Å². The molecule has 4 atom stereocenters. The van der Waals surface area contributed by atoms with E-state index in [9.17, 15) is 19.2 Å². The van der Waals surface area contributed by atoms with E-state index in [0.29, 0.717) is 18.5 Å². The summed E-state index contributed by atoms with van der Waals surface area (Å²) in [7, 11) is 1.78. The predicted octanol–water partition coefficient (Wildman–Crippen LogP) is 4.99. The van der Waals surface area contributed by atoms with Gasteiger partial charge in [0.1, 0.15) is 12.1 Å². The molecule has 0 aliphatic carbocycles. The van der Waals surface area contributed by atoms with Crippen molar-refractivity contribution in [3.8, 4) is 0 Å². The van der Waals surface area contributed by atoms with Gasteiger partial charge in [-0.2, -0.15) is 0 Å². The maximum atomic E-state index is 14.2. The molecule has 3 saturated heterocycles. The highest BCUT2D eigenvalue weighted by atomic mass is 16.2. The van der Waals surface area contributed by atoms with Crippen LogP contribution in [0, 0.1) is 11.3 Å². The lowest BCUT2D eigenvalue weighted by atomic mass is 9.84. The van der Waals surface area contributed by atoms with Crippen LogP contribution >= 0.6 is 0 Å². The zero-order valence-electron chi connectivity index (χ0n) is 29.9. The number of piperidine rings is 1. The topological polar surface area (TPSA) is 93.3 Å². The molecule has 0 saturated carbocycles. The van der Waals surface area contributed by atoms with Crippen LogP contribution < -0.4 is 5.32 Å². The summed E-state index contributed by atoms with van der Waals surface area (Å²) in [4.78, 5) is 62.9. The third-order valence-corrected chi connectivity index (χ3v) is 10.1. The van der Waals surface area contributed by atoms with Gasteiger partial charge in [0.25, 0.3) is 0 Å². The Hall–Kier alpha value is -2.42. The van der Waals surface area contributed by atoms with E-state index in [1.54, 1.807) is 23.8 Å². The number of carbonyl (C=O) groups is 4. The van der Waals surface area contributed by atoms with Crippen molar-refractivity contribution in [2.24, 2.45) is 11.3 Å². The van der Waals surface area contributed by atoms with Crippen LogP contribution in [0.3, 0.4) is 0 Å². The van der Waals surface area contributed by atoms with Gasteiger partial charge in [0.05, 0.1) is 12.1 Å². The zero-order valence-corrected chi connectivity index (χ0v) is 29.9. The molecule has 3 rings (SSSR count). The molecule has 3 aliphatic heterocycles. The SMILES string of the molecule is CC(=C[C@H](C(C)C)N(C)C(=O)[C@@H](NC(=O)C1CCCCN1C(C)C)C(C)(C)C)C(=O)N1CCC[C@H]1C(=O)N1CCCCCCC1. The summed E-state index contributed by atoms with van der Waals surface area (Å²) in [5.74, 6) is -0.260. The van der Waals surface area contributed by atoms with Crippen LogP contribution in [0.1, 0.15) is 120 Å². The molecule has 0 aromatic rings. The van der Waals surface area contributed by atoms with E-state index >= 15 is 0 Å². The molecule has 0 aromatic carbocycles. The van der Waals surface area contributed by atoms with Gasteiger partial charge in [-0.3, -0.25) is 24.1 Å². The number of hydrogen-bond donors (Lipinski definition) is 1. The molecule has 0 bridgehead atoms. The molecule has 9 nitrogen and oxygen atoms in total. The summed E-state index contributed by atoms with van der Waals surface area (Å²) in [6, 6.07) is -1.46. The number of nitrogens with zero attached hydrogens (tertiary/aromatic N) is 4. The summed E-state index contributed by atoms with van der Waals surface area (Å²) in [6.07, 6.45) is 11.9. The molecular weight excluding hydrogens is 566 g/mol. The molecule has 9 heteroatoms. The van der Waals surface area contributed by atoms with Crippen molar-refractivity contribution in [1.29, 1.82) is 0 Å². The third-order valence-electron chi connectivity index (χ3n) is 10.1. The molecular formula is C36H63N5O4. The molecule has 256 valence electrons. The van der Waals surface area contributed by atoms with E-state index in [-0.39, 0.29) is 47.7 Å². The monoisotopic (exact) mass is 629 g/mol. The lowest BCUT2D eigenvalue weighted by molar-refractivity contribution is -0.142. The van der Waals surface area contributed by atoms with Crippen LogP contribution in [-0.2, 0) is 19.2 Å². The molecule has 1 unspecified atom stereocenters. The lowest BCUT2D eigenvalue weighted by Crippen LogP contribution is -2.60. The zero-order chi connectivity index (χ0) is 33.5. The molecule has 1 N–H and O–H groups in total. The van der Waals surface area contributed by atoms with Gasteiger partial charge in [-0.25, -0.2) is 0 Å². The van der Waals surface area contributed by atoms with Gasteiger partial charge in [0, 0.05) is 38.3 Å². The summed E-state index contributed by atoms with van der Waals surface area (Å²) in [6.45, 7) is 19.1. The van der Waals surface area contributed by atoms with Crippen molar-refractivity contribution in [3.05, 3.63) is 11.6 Å². The van der Waals surface area contributed by atoms with E-state index in [0.717, 1.165) is 71.0 Å². The van der Waals surface area contributed by atoms with Gasteiger partial charge in [-0.05, 0) is 77.2 Å². The summed E-state index contributed by atoms with van der Waals surface area (Å²) in [5, 5.41) is 3.15. The first-order chi connectivity index (χ1) is 21.1. The Labute approximate surface area is 273 Å². The van der Waals surface area contributed by atoms with Crippen LogP contribution in [0.2, 0.25) is 0 Å². The molecule has 3 aliphatic rings. The predicted molar refractivity (Wildman–Crippen MR) is 180 cm³/mol. The number of hydrogen-bond acceptors (Lipinski definition) is 5. The minimum atomic E-state index is -0.713. The van der Waals surface area contributed by atoms with Crippen molar-refractivity contribution >= 4 is 23.6 Å². The van der Waals surface area contributed by atoms with Crippen LogP contribution in [0.25, 0.3) is 0 Å². The highest BCUT2D eigenvalue weighted by Crippen LogP contribution is 2.27. The minimum Gasteiger partial charge on any atom is -0.342 e. The Kier molecular flexibility index (Phi) is 13.5. The fourth-order valence-corrected chi connectivity index (χ4v) is 7.34. The van der Waals surface area contributed by atoms with Gasteiger partial charge in [0.15, 0.2) is 0 Å². The first-order valence-electron chi connectivity index (χ1n) is 17.8. The Balaban J connectivity index is 1.77. The maximum absolute atomic E-state index is 14.2. The van der Waals surface area contributed by atoms with Gasteiger partial charge in [0.2, 0.25) is 23.6 Å². The third kappa shape index (κ3) is 9.55. The number of carbonyl (C=O) groups excluding carboxylic acids is 4. The minimum absolute atomic E-state index is 0.0323. The summed E-state index contributed by atoms with van der Waals surface area (Å²) >= 11 is 0. The number of rotatable bonds is 9. The van der Waals surface area contributed by atoms with Gasteiger partial charge < -0.3 is 20.0 Å². The first-order valence-corrected chi connectivity index (χ1v) is 17.8. The quantitative estimate of drug-likeness (QED) is 0.363. The number of nitrogens with one attached hydrogen (secondary N) is 1. The van der Waals surface area contributed by atoms with Crippen molar-refractivity contribution < 1.29 is 19.2 Å². The van der Waals surface area contributed by atoms with Crippen LogP contribution in [-0.4, -0.2) is 107 Å². The van der Waals surface area contributed by atoms with Gasteiger partial charge in [-0.1, -0.05) is 66.4 Å². The second-order valence-electron chi connectivity index (χ2n) is 15.4. The smallest absolute Gasteiger partial charge is 0.249 e. The second kappa shape index (κ2) is 16.4. The Bertz CT molecular complexity index is 1060. The van der Waals surface area contributed by atoms with Crippen molar-refractivity contribution in [2.75, 3.05) is 33.2 Å². The van der Waals surface area contributed by atoms with Gasteiger partial charge >= 0.3 is 0 Å². The van der Waals surface area contributed by atoms with Crippen molar-refractivity contribution in [1.82, 2.24) is 24.9 Å². The average molecular weight is 630 g/mol. The van der Waals surface area contributed by atoms with Crippen LogP contribution in [0.5, 0.6) is 0 Å². The summed E-state index contributed by atoms with van der Waals surface area (Å²) in [5.41, 5.74) is 0.0380. The molecule has 0 aromatic heterocycles. The molecule has 4 amide bonds. The highest BCUT2D eigenvalue weighted by Gasteiger charge is 2.41.